The number of carbonyl (C=O) groups is 1. The third kappa shape index (κ3) is 4.77. The van der Waals surface area contributed by atoms with E-state index >= 15 is 0 Å². The van der Waals surface area contributed by atoms with Crippen molar-refractivity contribution in [3.05, 3.63) is 71.6 Å². The monoisotopic (exact) mass is 538 g/mol. The SMILES string of the molecule is CC(=O)/C=C(/C)O.C[C-]1C(C)c2cc(F)cc(F)c2-c2cccc[n+]21.[Ir]. The van der Waals surface area contributed by atoms with E-state index in [-0.39, 0.29) is 37.6 Å². The zero-order valence-electron chi connectivity index (χ0n) is 15.0. The number of carbonyl (C=O) groups excluding carboxylic acids is 1. The van der Waals surface area contributed by atoms with Crippen molar-refractivity contribution in [2.24, 2.45) is 0 Å². The first kappa shape index (κ1) is 22.0. The summed E-state index contributed by atoms with van der Waals surface area (Å²) in [5.41, 5.74) is 2.01. The van der Waals surface area contributed by atoms with E-state index in [1.807, 2.05) is 42.8 Å². The van der Waals surface area contributed by atoms with Crippen LogP contribution >= 0.6 is 0 Å². The van der Waals surface area contributed by atoms with Gasteiger partial charge in [0.05, 0.1) is 18.0 Å². The minimum atomic E-state index is -0.518. The summed E-state index contributed by atoms with van der Waals surface area (Å²) in [4.78, 5) is 10.0. The predicted molar refractivity (Wildman–Crippen MR) is 91.8 cm³/mol. The molecule has 3 rings (SSSR count). The Hall–Kier alpha value is -2.04. The van der Waals surface area contributed by atoms with Gasteiger partial charge in [0, 0.05) is 43.7 Å². The molecule has 26 heavy (non-hydrogen) atoms. The molecule has 1 unspecified atom stereocenters. The summed E-state index contributed by atoms with van der Waals surface area (Å²) >= 11 is 0. The van der Waals surface area contributed by atoms with Crippen LogP contribution in [0.5, 0.6) is 0 Å². The molecule has 0 fully saturated rings. The van der Waals surface area contributed by atoms with Crippen LogP contribution in [-0.4, -0.2) is 10.9 Å². The van der Waals surface area contributed by atoms with E-state index in [9.17, 15) is 13.6 Å². The molecule has 2 aromatic rings. The number of aliphatic hydroxyl groups is 1. The molecule has 0 saturated carbocycles. The van der Waals surface area contributed by atoms with E-state index in [1.165, 1.54) is 26.0 Å². The Morgan fingerprint density at radius 2 is 1.92 bits per heavy atom. The van der Waals surface area contributed by atoms with Gasteiger partial charge in [-0.2, -0.15) is 0 Å². The van der Waals surface area contributed by atoms with Crippen molar-refractivity contribution in [2.75, 3.05) is 0 Å². The van der Waals surface area contributed by atoms with E-state index < -0.39 is 11.6 Å². The number of ketones is 1. The first-order valence-corrected chi connectivity index (χ1v) is 7.94. The smallest absolute Gasteiger partial charge is 0.155 e. The van der Waals surface area contributed by atoms with Crippen LogP contribution in [0.4, 0.5) is 8.78 Å². The normalized spacial score (nSPS) is 15.1. The molecule has 2 heterocycles. The fraction of sp³-hybridized carbons (Fsp3) is 0.250. The molecule has 1 radical (unpaired) electrons. The van der Waals surface area contributed by atoms with Crippen molar-refractivity contribution < 1.29 is 43.4 Å². The molecular formula is C20H21F2IrNO2. The van der Waals surface area contributed by atoms with Crippen LogP contribution in [-0.2, 0) is 24.9 Å². The van der Waals surface area contributed by atoms with E-state index in [2.05, 4.69) is 0 Å². The summed E-state index contributed by atoms with van der Waals surface area (Å²) in [5.74, 6) is -1.07. The summed E-state index contributed by atoms with van der Waals surface area (Å²) in [6, 6.07) is 9.08. The van der Waals surface area contributed by atoms with Gasteiger partial charge in [-0.15, -0.1) is 0 Å². The molecule has 1 aromatic carbocycles. The van der Waals surface area contributed by atoms with Gasteiger partial charge in [-0.25, -0.2) is 8.78 Å². The van der Waals surface area contributed by atoms with Gasteiger partial charge in [-0.3, -0.25) is 4.79 Å². The molecule has 1 aromatic heterocycles. The van der Waals surface area contributed by atoms with Crippen LogP contribution < -0.4 is 4.57 Å². The Bertz CT molecular complexity index is 833. The number of allylic oxidation sites excluding steroid dienone is 2. The van der Waals surface area contributed by atoms with Gasteiger partial charge in [-0.05, 0) is 38.5 Å². The van der Waals surface area contributed by atoms with Gasteiger partial charge in [0.25, 0.3) is 0 Å². The summed E-state index contributed by atoms with van der Waals surface area (Å²) in [6.07, 6.45) is 3.08. The zero-order valence-corrected chi connectivity index (χ0v) is 17.4. The number of benzene rings is 1. The Morgan fingerprint density at radius 1 is 1.27 bits per heavy atom. The fourth-order valence-corrected chi connectivity index (χ4v) is 2.89. The van der Waals surface area contributed by atoms with Crippen LogP contribution in [0, 0.1) is 17.7 Å². The van der Waals surface area contributed by atoms with Gasteiger partial charge < -0.3 is 9.67 Å². The van der Waals surface area contributed by atoms with E-state index in [0.29, 0.717) is 5.56 Å². The second kappa shape index (κ2) is 9.06. The Kier molecular flexibility index (Phi) is 7.67. The molecule has 141 valence electrons. The number of hydrogen-bond acceptors (Lipinski definition) is 2. The minimum absolute atomic E-state index is 0. The van der Waals surface area contributed by atoms with Crippen molar-refractivity contribution in [3.63, 3.8) is 0 Å². The van der Waals surface area contributed by atoms with Crippen molar-refractivity contribution in [3.8, 4) is 11.3 Å². The minimum Gasteiger partial charge on any atom is -0.512 e. The number of nitrogens with zero attached hydrogens (tertiary/aromatic N) is 1. The maximum atomic E-state index is 14.0. The Labute approximate surface area is 165 Å². The van der Waals surface area contributed by atoms with Crippen LogP contribution in [0.2, 0.25) is 0 Å². The van der Waals surface area contributed by atoms with Crippen molar-refractivity contribution in [2.45, 2.75) is 33.6 Å². The number of aromatic nitrogens is 1. The molecule has 0 spiro atoms. The van der Waals surface area contributed by atoms with Gasteiger partial charge >= 0.3 is 0 Å². The second-order valence-corrected chi connectivity index (χ2v) is 6.07. The van der Waals surface area contributed by atoms with Crippen LogP contribution in [0.25, 0.3) is 11.3 Å². The van der Waals surface area contributed by atoms with Gasteiger partial charge in [0.15, 0.2) is 5.78 Å². The maximum Gasteiger partial charge on any atom is 0.155 e. The van der Waals surface area contributed by atoms with Crippen molar-refractivity contribution in [1.29, 1.82) is 0 Å². The first-order chi connectivity index (χ1) is 11.7. The Balaban J connectivity index is 0.000000366. The van der Waals surface area contributed by atoms with Gasteiger partial charge in [0.1, 0.15) is 17.3 Å². The number of hydrogen-bond donors (Lipinski definition) is 1. The number of halogens is 2. The summed E-state index contributed by atoms with van der Waals surface area (Å²) < 4.78 is 29.4. The van der Waals surface area contributed by atoms with E-state index in [4.69, 9.17) is 5.11 Å². The molecule has 3 nitrogen and oxygen atoms in total. The molecule has 1 atom stereocenters. The standard InChI is InChI=1S/C15H13F2N.C5H8O2.Ir/c1-9-10(2)18-6-4-3-5-14(18)15-12(9)7-11(16)8-13(15)17;1-4(6)3-5(2)7;/h3-9H,1-2H3;3,6H,1-2H3;/b;4-3-;. The molecule has 0 aliphatic carbocycles. The van der Waals surface area contributed by atoms with Crippen LogP contribution in [0.3, 0.4) is 0 Å². The molecule has 0 saturated heterocycles. The largest absolute Gasteiger partial charge is 0.512 e. The molecule has 6 heteroatoms. The average molecular weight is 538 g/mol. The zero-order chi connectivity index (χ0) is 18.7. The van der Waals surface area contributed by atoms with E-state index in [1.54, 1.807) is 0 Å². The number of fused-ring (bicyclic) bond motifs is 3. The van der Waals surface area contributed by atoms with Crippen molar-refractivity contribution >= 4 is 5.78 Å². The summed E-state index contributed by atoms with van der Waals surface area (Å²) in [7, 11) is 0. The molecule has 1 aliphatic rings. The fourth-order valence-electron chi connectivity index (χ4n) is 2.89. The molecule has 1 aliphatic heterocycles. The second-order valence-electron chi connectivity index (χ2n) is 6.07. The Morgan fingerprint density at radius 3 is 2.46 bits per heavy atom. The first-order valence-electron chi connectivity index (χ1n) is 7.94. The molecule has 0 bridgehead atoms. The van der Waals surface area contributed by atoms with Crippen molar-refractivity contribution in [1.82, 2.24) is 0 Å². The summed E-state index contributed by atoms with van der Waals surface area (Å²) in [5, 5.41) is 8.36. The number of pyridine rings is 1. The molecule has 1 N–H and O–H groups in total. The van der Waals surface area contributed by atoms with E-state index in [0.717, 1.165) is 23.4 Å². The molecular weight excluding hydrogens is 516 g/mol. The quantitative estimate of drug-likeness (QED) is 0.253. The third-order valence-corrected chi connectivity index (χ3v) is 4.09. The van der Waals surface area contributed by atoms with Gasteiger partial charge in [0.2, 0.25) is 0 Å². The van der Waals surface area contributed by atoms with Crippen LogP contribution in [0.15, 0.2) is 48.4 Å². The maximum absolute atomic E-state index is 14.0. The number of rotatable bonds is 1. The summed E-state index contributed by atoms with van der Waals surface area (Å²) in [6.45, 7) is 6.80. The molecule has 0 amide bonds. The topological polar surface area (TPSA) is 41.2 Å². The average Bonchev–Trinajstić information content (AvgIpc) is 2.51. The van der Waals surface area contributed by atoms with Gasteiger partial charge in [-0.1, -0.05) is 19.1 Å². The van der Waals surface area contributed by atoms with Crippen LogP contribution in [0.1, 0.15) is 39.2 Å². The predicted octanol–water partition coefficient (Wildman–Crippen LogP) is 4.47. The number of aliphatic hydroxyl groups excluding tert-OH is 1. The third-order valence-electron chi connectivity index (χ3n) is 4.09.